The lowest BCUT2D eigenvalue weighted by atomic mass is 10.1. The Bertz CT molecular complexity index is 640. The van der Waals surface area contributed by atoms with Crippen molar-refractivity contribution in [2.24, 2.45) is 0 Å². The summed E-state index contributed by atoms with van der Waals surface area (Å²) in [6, 6.07) is 11.6. The van der Waals surface area contributed by atoms with Crippen LogP contribution in [0.15, 0.2) is 36.4 Å². The summed E-state index contributed by atoms with van der Waals surface area (Å²) in [5, 5.41) is 11.0. The Morgan fingerprint density at radius 1 is 1.22 bits per heavy atom. The molecule has 1 N–H and O–H groups in total. The number of nitrogens with zero attached hydrogens (tertiary/aromatic N) is 3. The van der Waals surface area contributed by atoms with Crippen LogP contribution >= 0.6 is 0 Å². The number of carbonyl (C=O) groups is 1. The third-order valence-electron chi connectivity index (χ3n) is 3.60. The van der Waals surface area contributed by atoms with E-state index in [2.05, 4.69) is 27.3 Å². The number of nitrogens with one attached hydrogen (secondary N) is 1. The van der Waals surface area contributed by atoms with Crippen LogP contribution in [0.4, 0.5) is 11.6 Å². The van der Waals surface area contributed by atoms with Gasteiger partial charge in [-0.2, -0.15) is 0 Å². The maximum atomic E-state index is 12.1. The summed E-state index contributed by atoms with van der Waals surface area (Å²) < 4.78 is 0. The molecule has 0 atom stereocenters. The van der Waals surface area contributed by atoms with Crippen molar-refractivity contribution < 1.29 is 4.79 Å². The molecule has 0 aliphatic rings. The zero-order chi connectivity index (χ0) is 16.7. The SMILES string of the molecule is CCCCN(C)c1ccc(NC(=O)Cc2cccc(C)c2)nn1. The fourth-order valence-corrected chi connectivity index (χ4v) is 2.30. The third-order valence-corrected chi connectivity index (χ3v) is 3.60. The smallest absolute Gasteiger partial charge is 0.229 e. The molecule has 0 radical (unpaired) electrons. The van der Waals surface area contributed by atoms with Crippen LogP contribution < -0.4 is 10.2 Å². The summed E-state index contributed by atoms with van der Waals surface area (Å²) in [4.78, 5) is 14.1. The van der Waals surface area contributed by atoms with Crippen LogP contribution in [-0.4, -0.2) is 29.7 Å². The van der Waals surface area contributed by atoms with Gasteiger partial charge in [-0.25, -0.2) is 0 Å². The van der Waals surface area contributed by atoms with Gasteiger partial charge in [0.2, 0.25) is 5.91 Å². The van der Waals surface area contributed by atoms with Gasteiger partial charge in [-0.05, 0) is 31.0 Å². The molecule has 1 aromatic heterocycles. The molecule has 0 fully saturated rings. The second-order valence-electron chi connectivity index (χ2n) is 5.77. The van der Waals surface area contributed by atoms with E-state index in [0.29, 0.717) is 12.2 Å². The summed E-state index contributed by atoms with van der Waals surface area (Å²) in [6.45, 7) is 5.12. The Morgan fingerprint density at radius 3 is 2.70 bits per heavy atom. The van der Waals surface area contributed by atoms with Gasteiger partial charge in [-0.15, -0.1) is 10.2 Å². The van der Waals surface area contributed by atoms with E-state index in [1.54, 1.807) is 6.07 Å². The van der Waals surface area contributed by atoms with Gasteiger partial charge in [0.05, 0.1) is 6.42 Å². The quantitative estimate of drug-likeness (QED) is 0.853. The number of hydrogen-bond acceptors (Lipinski definition) is 4. The van der Waals surface area contributed by atoms with Gasteiger partial charge >= 0.3 is 0 Å². The Morgan fingerprint density at radius 2 is 2.04 bits per heavy atom. The highest BCUT2D eigenvalue weighted by Gasteiger charge is 2.07. The number of rotatable bonds is 7. The van der Waals surface area contributed by atoms with Crippen LogP contribution in [0.25, 0.3) is 0 Å². The second-order valence-corrected chi connectivity index (χ2v) is 5.77. The standard InChI is InChI=1S/C18H24N4O/c1-4-5-11-22(3)17-10-9-16(20-21-17)19-18(23)13-15-8-6-7-14(2)12-15/h6-10,12H,4-5,11,13H2,1-3H3,(H,19,20,23). The minimum atomic E-state index is -0.0861. The molecule has 122 valence electrons. The van der Waals surface area contributed by atoms with E-state index in [0.717, 1.165) is 36.3 Å². The number of carbonyl (C=O) groups excluding carboxylic acids is 1. The lowest BCUT2D eigenvalue weighted by Crippen LogP contribution is -2.20. The molecule has 1 amide bonds. The number of hydrogen-bond donors (Lipinski definition) is 1. The van der Waals surface area contributed by atoms with Crippen LogP contribution in [0.5, 0.6) is 0 Å². The van der Waals surface area contributed by atoms with Gasteiger partial charge in [0.15, 0.2) is 11.6 Å². The average molecular weight is 312 g/mol. The zero-order valence-corrected chi connectivity index (χ0v) is 14.0. The first-order valence-electron chi connectivity index (χ1n) is 7.98. The number of amides is 1. The molecule has 0 unspecified atom stereocenters. The Hall–Kier alpha value is -2.43. The van der Waals surface area contributed by atoms with Gasteiger partial charge in [-0.1, -0.05) is 43.2 Å². The predicted octanol–water partition coefficient (Wildman–Crippen LogP) is 3.20. The van der Waals surface area contributed by atoms with Crippen molar-refractivity contribution in [1.82, 2.24) is 10.2 Å². The van der Waals surface area contributed by atoms with Crippen molar-refractivity contribution in [3.8, 4) is 0 Å². The maximum absolute atomic E-state index is 12.1. The molecule has 2 rings (SSSR count). The van der Waals surface area contributed by atoms with E-state index in [9.17, 15) is 4.79 Å². The van der Waals surface area contributed by atoms with Crippen LogP contribution in [0.3, 0.4) is 0 Å². The molecule has 0 bridgehead atoms. The summed E-state index contributed by atoms with van der Waals surface area (Å²) in [5.41, 5.74) is 2.14. The highest BCUT2D eigenvalue weighted by atomic mass is 16.1. The summed E-state index contributed by atoms with van der Waals surface area (Å²) in [6.07, 6.45) is 2.60. The molecular formula is C18H24N4O. The fraction of sp³-hybridized carbons (Fsp3) is 0.389. The zero-order valence-electron chi connectivity index (χ0n) is 14.0. The van der Waals surface area contributed by atoms with Crippen molar-refractivity contribution >= 4 is 17.5 Å². The molecular weight excluding hydrogens is 288 g/mol. The number of aromatic nitrogens is 2. The molecule has 5 nitrogen and oxygen atoms in total. The minimum Gasteiger partial charge on any atom is -0.358 e. The van der Waals surface area contributed by atoms with E-state index >= 15 is 0 Å². The van der Waals surface area contributed by atoms with Crippen molar-refractivity contribution in [1.29, 1.82) is 0 Å². The summed E-state index contributed by atoms with van der Waals surface area (Å²) in [7, 11) is 2.00. The van der Waals surface area contributed by atoms with Crippen LogP contribution in [0.1, 0.15) is 30.9 Å². The van der Waals surface area contributed by atoms with Gasteiger partial charge in [0.1, 0.15) is 0 Å². The molecule has 1 heterocycles. The molecule has 0 saturated carbocycles. The van der Waals surface area contributed by atoms with Crippen LogP contribution in [0, 0.1) is 6.92 Å². The number of unbranched alkanes of at least 4 members (excludes halogenated alkanes) is 1. The molecule has 5 heteroatoms. The molecule has 0 aliphatic carbocycles. The first-order chi connectivity index (χ1) is 11.1. The molecule has 1 aromatic carbocycles. The lowest BCUT2D eigenvalue weighted by molar-refractivity contribution is -0.115. The van der Waals surface area contributed by atoms with Gasteiger partial charge < -0.3 is 10.2 Å². The van der Waals surface area contributed by atoms with E-state index in [-0.39, 0.29) is 5.91 Å². The van der Waals surface area contributed by atoms with E-state index in [4.69, 9.17) is 0 Å². The van der Waals surface area contributed by atoms with Crippen molar-refractivity contribution in [3.63, 3.8) is 0 Å². The fourth-order valence-electron chi connectivity index (χ4n) is 2.30. The molecule has 0 spiro atoms. The predicted molar refractivity (Wildman–Crippen MR) is 93.7 cm³/mol. The van der Waals surface area contributed by atoms with Crippen LogP contribution in [0.2, 0.25) is 0 Å². The highest BCUT2D eigenvalue weighted by Crippen LogP contribution is 2.11. The summed E-state index contributed by atoms with van der Waals surface area (Å²) >= 11 is 0. The second kappa shape index (κ2) is 8.27. The first-order valence-corrected chi connectivity index (χ1v) is 7.98. The van der Waals surface area contributed by atoms with Crippen molar-refractivity contribution in [2.45, 2.75) is 33.1 Å². The van der Waals surface area contributed by atoms with Gasteiger partial charge in [0.25, 0.3) is 0 Å². The lowest BCUT2D eigenvalue weighted by Gasteiger charge is -2.17. The third kappa shape index (κ3) is 5.36. The molecule has 2 aromatic rings. The Balaban J connectivity index is 1.91. The monoisotopic (exact) mass is 312 g/mol. The molecule has 0 aliphatic heterocycles. The highest BCUT2D eigenvalue weighted by molar-refractivity contribution is 5.91. The van der Waals surface area contributed by atoms with Crippen molar-refractivity contribution in [2.75, 3.05) is 23.8 Å². The maximum Gasteiger partial charge on any atom is 0.229 e. The van der Waals surface area contributed by atoms with Crippen LogP contribution in [-0.2, 0) is 11.2 Å². The van der Waals surface area contributed by atoms with E-state index in [1.807, 2.05) is 44.3 Å². The molecule has 0 saturated heterocycles. The Kier molecular flexibility index (Phi) is 6.09. The van der Waals surface area contributed by atoms with E-state index in [1.165, 1.54) is 0 Å². The normalized spacial score (nSPS) is 10.4. The number of benzene rings is 1. The minimum absolute atomic E-state index is 0.0861. The average Bonchev–Trinajstić information content (AvgIpc) is 2.53. The topological polar surface area (TPSA) is 58.1 Å². The summed E-state index contributed by atoms with van der Waals surface area (Å²) in [5.74, 6) is 1.21. The number of aryl methyl sites for hydroxylation is 1. The first kappa shape index (κ1) is 16.9. The number of anilines is 2. The molecule has 23 heavy (non-hydrogen) atoms. The van der Waals surface area contributed by atoms with Gasteiger partial charge in [-0.3, -0.25) is 4.79 Å². The largest absolute Gasteiger partial charge is 0.358 e. The van der Waals surface area contributed by atoms with E-state index < -0.39 is 0 Å². The van der Waals surface area contributed by atoms with Gasteiger partial charge in [0, 0.05) is 13.6 Å². The van der Waals surface area contributed by atoms with Crippen molar-refractivity contribution in [3.05, 3.63) is 47.5 Å². The Labute approximate surface area is 137 Å².